The molecule has 3 nitrogen and oxygen atoms in total. The molecule has 5 rings (SSSR count). The lowest BCUT2D eigenvalue weighted by molar-refractivity contribution is 0.161. The number of hydrogen-bond donors (Lipinski definition) is 1. The van der Waals surface area contributed by atoms with Gasteiger partial charge in [0.1, 0.15) is 11.6 Å². The molecule has 0 aliphatic carbocycles. The first-order valence-corrected chi connectivity index (χ1v) is 13.1. The molecule has 0 spiro atoms. The predicted octanol–water partition coefficient (Wildman–Crippen LogP) is 6.57. The van der Waals surface area contributed by atoms with Gasteiger partial charge in [-0.1, -0.05) is 67.3 Å². The summed E-state index contributed by atoms with van der Waals surface area (Å²) >= 11 is 0. The highest BCUT2D eigenvalue weighted by molar-refractivity contribution is 5.34. The minimum atomic E-state index is -0.257. The van der Waals surface area contributed by atoms with Crippen LogP contribution in [0.1, 0.15) is 47.6 Å². The lowest BCUT2D eigenvalue weighted by atomic mass is 9.84. The molecule has 5 heteroatoms. The van der Waals surface area contributed by atoms with E-state index < -0.39 is 0 Å². The Morgan fingerprint density at radius 3 is 1.78 bits per heavy atom. The van der Waals surface area contributed by atoms with E-state index in [-0.39, 0.29) is 23.7 Å². The maximum Gasteiger partial charge on any atom is 0.123 e. The molecule has 0 radical (unpaired) electrons. The third-order valence-electron chi connectivity index (χ3n) is 8.00. The summed E-state index contributed by atoms with van der Waals surface area (Å²) in [7, 11) is 0. The van der Waals surface area contributed by atoms with Gasteiger partial charge in [0, 0.05) is 24.8 Å². The van der Waals surface area contributed by atoms with Crippen molar-refractivity contribution in [3.63, 3.8) is 0 Å². The first-order chi connectivity index (χ1) is 17.9. The van der Waals surface area contributed by atoms with E-state index in [1.807, 2.05) is 24.3 Å². The van der Waals surface area contributed by atoms with Crippen molar-refractivity contribution < 1.29 is 8.78 Å². The quantitative estimate of drug-likeness (QED) is 0.356. The summed E-state index contributed by atoms with van der Waals surface area (Å²) < 4.78 is 27.2. The number of halogens is 2. The van der Waals surface area contributed by atoms with Gasteiger partial charge in [-0.05, 0) is 84.8 Å². The first kappa shape index (κ1) is 25.4. The molecule has 0 aromatic heterocycles. The largest absolute Gasteiger partial charge is 0.365 e. The minimum absolute atomic E-state index is 0.0470. The molecule has 0 amide bonds. The second-order valence-corrected chi connectivity index (χ2v) is 10.4. The summed E-state index contributed by atoms with van der Waals surface area (Å²) in [4.78, 5) is 4.69. The Kier molecular flexibility index (Phi) is 7.54. The number of fused-ring (bicyclic) bond motifs is 1. The van der Waals surface area contributed by atoms with Crippen LogP contribution in [0, 0.1) is 17.6 Å². The number of nitrogens with two attached hydrogens (primary N) is 1. The van der Waals surface area contributed by atoms with E-state index >= 15 is 0 Å². The molecular formula is C32H35F2N3. The number of piperidine rings is 1. The summed E-state index contributed by atoms with van der Waals surface area (Å²) in [6.45, 7) is 12.2. The molecule has 0 bridgehead atoms. The van der Waals surface area contributed by atoms with Crippen LogP contribution in [0.5, 0.6) is 0 Å². The number of nitrogens with zero attached hydrogens (tertiary/aromatic N) is 2. The van der Waals surface area contributed by atoms with Gasteiger partial charge in [0.2, 0.25) is 0 Å². The Bertz CT molecular complexity index is 1170. The SMILES string of the molecule is C=C(C[C@H](N)C(=C)N1Cc2ccccc2C1)C1CCN(C(c2ccc(F)cc2)c2ccc(F)cc2)CC1. The molecule has 2 heterocycles. The Balaban J connectivity index is 1.20. The maximum absolute atomic E-state index is 13.6. The van der Waals surface area contributed by atoms with Crippen molar-refractivity contribution in [2.75, 3.05) is 13.1 Å². The highest BCUT2D eigenvalue weighted by Crippen LogP contribution is 2.36. The number of rotatable bonds is 8. The van der Waals surface area contributed by atoms with E-state index in [9.17, 15) is 8.78 Å². The predicted molar refractivity (Wildman–Crippen MR) is 146 cm³/mol. The van der Waals surface area contributed by atoms with Gasteiger partial charge in [-0.2, -0.15) is 0 Å². The van der Waals surface area contributed by atoms with Gasteiger partial charge in [-0.15, -0.1) is 0 Å². The average molecular weight is 500 g/mol. The zero-order chi connectivity index (χ0) is 25.9. The van der Waals surface area contributed by atoms with Gasteiger partial charge in [-0.25, -0.2) is 8.78 Å². The maximum atomic E-state index is 13.6. The Morgan fingerprint density at radius 2 is 1.30 bits per heavy atom. The van der Waals surface area contributed by atoms with Crippen LogP contribution in [0.25, 0.3) is 0 Å². The molecular weight excluding hydrogens is 464 g/mol. The van der Waals surface area contributed by atoms with E-state index in [1.165, 1.54) is 41.0 Å². The van der Waals surface area contributed by atoms with Crippen molar-refractivity contribution in [2.45, 2.75) is 44.4 Å². The lowest BCUT2D eigenvalue weighted by Crippen LogP contribution is -2.38. The molecule has 192 valence electrons. The molecule has 1 fully saturated rings. The minimum Gasteiger partial charge on any atom is -0.365 e. The number of hydrogen-bond acceptors (Lipinski definition) is 3. The van der Waals surface area contributed by atoms with Crippen LogP contribution in [0.15, 0.2) is 97.2 Å². The highest BCUT2D eigenvalue weighted by Gasteiger charge is 2.30. The molecule has 2 aliphatic heterocycles. The molecule has 3 aromatic rings. The Labute approximate surface area is 218 Å². The van der Waals surface area contributed by atoms with Crippen molar-refractivity contribution >= 4 is 0 Å². The van der Waals surface area contributed by atoms with Crippen LogP contribution in [-0.2, 0) is 13.1 Å². The molecule has 37 heavy (non-hydrogen) atoms. The van der Waals surface area contributed by atoms with Crippen molar-refractivity contribution in [1.29, 1.82) is 0 Å². The van der Waals surface area contributed by atoms with Gasteiger partial charge in [0.15, 0.2) is 0 Å². The van der Waals surface area contributed by atoms with Crippen LogP contribution in [0.4, 0.5) is 8.78 Å². The molecule has 1 saturated heterocycles. The first-order valence-electron chi connectivity index (χ1n) is 13.1. The molecule has 3 aromatic carbocycles. The number of benzene rings is 3. The third kappa shape index (κ3) is 5.68. The topological polar surface area (TPSA) is 32.5 Å². The molecule has 1 atom stereocenters. The van der Waals surface area contributed by atoms with Gasteiger partial charge in [0.25, 0.3) is 0 Å². The lowest BCUT2D eigenvalue weighted by Gasteiger charge is -2.39. The van der Waals surface area contributed by atoms with Gasteiger partial charge < -0.3 is 10.6 Å². The third-order valence-corrected chi connectivity index (χ3v) is 8.00. The summed E-state index contributed by atoms with van der Waals surface area (Å²) in [6, 6.07) is 21.6. The van der Waals surface area contributed by atoms with Gasteiger partial charge in [0.05, 0.1) is 6.04 Å². The number of likely N-dealkylation sites (tertiary alicyclic amines) is 1. The van der Waals surface area contributed by atoms with Crippen molar-refractivity contribution in [2.24, 2.45) is 11.7 Å². The van der Waals surface area contributed by atoms with E-state index in [2.05, 4.69) is 47.2 Å². The van der Waals surface area contributed by atoms with E-state index in [1.54, 1.807) is 0 Å². The summed E-state index contributed by atoms with van der Waals surface area (Å²) in [5.74, 6) is -0.118. The fourth-order valence-corrected chi connectivity index (χ4v) is 5.81. The van der Waals surface area contributed by atoms with Crippen LogP contribution >= 0.6 is 0 Å². The van der Waals surface area contributed by atoms with Crippen LogP contribution in [0.3, 0.4) is 0 Å². The second kappa shape index (κ2) is 11.0. The molecule has 2 aliphatic rings. The average Bonchev–Trinajstić information content (AvgIpc) is 3.35. The summed E-state index contributed by atoms with van der Waals surface area (Å²) in [5.41, 5.74) is 13.5. The van der Waals surface area contributed by atoms with Crippen LogP contribution in [0.2, 0.25) is 0 Å². The second-order valence-electron chi connectivity index (χ2n) is 10.4. The zero-order valence-electron chi connectivity index (χ0n) is 21.3. The molecule has 0 saturated carbocycles. The van der Waals surface area contributed by atoms with Crippen molar-refractivity contribution in [3.05, 3.63) is 131 Å². The fourth-order valence-electron chi connectivity index (χ4n) is 5.81. The molecule has 0 unspecified atom stereocenters. The van der Waals surface area contributed by atoms with E-state index in [0.717, 1.165) is 62.3 Å². The summed E-state index contributed by atoms with van der Waals surface area (Å²) in [5, 5.41) is 0. The van der Waals surface area contributed by atoms with E-state index in [0.29, 0.717) is 5.92 Å². The monoisotopic (exact) mass is 499 g/mol. The Hall–Kier alpha value is -3.28. The van der Waals surface area contributed by atoms with Crippen molar-refractivity contribution in [1.82, 2.24) is 9.80 Å². The Morgan fingerprint density at radius 1 is 0.811 bits per heavy atom. The molecule has 2 N–H and O–H groups in total. The standard InChI is InChI=1S/C32H35F2N3/c1-22(19-31(35)23(2)37-20-27-5-3-4-6-28(27)21-37)24-15-17-36(18-16-24)32(25-7-11-29(33)12-8-25)26-9-13-30(34)14-10-26/h3-14,24,31-32H,1-2,15-21,35H2/t31-/m0/s1. The van der Waals surface area contributed by atoms with Crippen molar-refractivity contribution in [3.8, 4) is 0 Å². The van der Waals surface area contributed by atoms with Gasteiger partial charge in [-0.3, -0.25) is 4.90 Å². The summed E-state index contributed by atoms with van der Waals surface area (Å²) in [6.07, 6.45) is 2.69. The smallest absolute Gasteiger partial charge is 0.123 e. The van der Waals surface area contributed by atoms with E-state index in [4.69, 9.17) is 5.73 Å². The van der Waals surface area contributed by atoms with Gasteiger partial charge >= 0.3 is 0 Å². The normalized spacial score (nSPS) is 17.1. The van der Waals surface area contributed by atoms with Crippen LogP contribution in [-0.4, -0.2) is 28.9 Å². The van der Waals surface area contributed by atoms with Crippen LogP contribution < -0.4 is 5.73 Å². The fraction of sp³-hybridized carbons (Fsp3) is 0.312. The highest BCUT2D eigenvalue weighted by atomic mass is 19.1. The zero-order valence-corrected chi connectivity index (χ0v) is 21.3.